The van der Waals surface area contributed by atoms with Crippen LogP contribution in [0.4, 0.5) is 10.1 Å². The maximum Gasteiger partial charge on any atom is 0.414 e. The van der Waals surface area contributed by atoms with Gasteiger partial charge < -0.3 is 25.0 Å². The van der Waals surface area contributed by atoms with Crippen molar-refractivity contribution in [2.45, 2.75) is 19.4 Å². The number of carbonyl (C=O) groups excluding carboxylic acids is 1. The minimum absolute atomic E-state index is 0.0146. The molecule has 1 aliphatic rings. The molecule has 1 heterocycles. The Balaban J connectivity index is 0.000000604. The van der Waals surface area contributed by atoms with Crippen molar-refractivity contribution in [3.63, 3.8) is 0 Å². The second-order valence-corrected chi connectivity index (χ2v) is 7.75. The molecule has 3 N–H and O–H groups in total. The van der Waals surface area contributed by atoms with Gasteiger partial charge in [-0.15, -0.1) is 0 Å². The van der Waals surface area contributed by atoms with E-state index in [2.05, 4.69) is 10.2 Å². The summed E-state index contributed by atoms with van der Waals surface area (Å²) in [5, 5.41) is 17.7. The zero-order valence-corrected chi connectivity index (χ0v) is 18.9. The Hall–Kier alpha value is -3.50. The fraction of sp³-hybridized carbons (Fsp3) is 0.375. The normalized spacial score (nSPS) is 13.9. The van der Waals surface area contributed by atoms with Crippen LogP contribution in [0.1, 0.15) is 18.4 Å². The molecule has 3 rings (SSSR count). The van der Waals surface area contributed by atoms with Crippen molar-refractivity contribution in [3.8, 4) is 5.75 Å². The van der Waals surface area contributed by atoms with Gasteiger partial charge in [0.05, 0.1) is 20.3 Å². The first-order valence-corrected chi connectivity index (χ1v) is 10.7. The standard InChI is InChI=1S/C22H27FN2O3.C2H2O4/c1-27-21-4-2-3-20(13-21)24-22(26)14-25-11-9-18(10-12-25)16-28-15-17-5-7-19(23)8-6-17;3-1(4)2(5)6/h2-8,13,18H,9-12,14-16H2,1H3,(H,24,26);(H,3,4)(H,5,6). The van der Waals surface area contributed by atoms with Crippen molar-refractivity contribution >= 4 is 23.5 Å². The summed E-state index contributed by atoms with van der Waals surface area (Å²) in [6.45, 7) is 3.36. The lowest BCUT2D eigenvalue weighted by atomic mass is 9.98. The average Bonchev–Trinajstić information content (AvgIpc) is 2.82. The van der Waals surface area contributed by atoms with Gasteiger partial charge in [-0.1, -0.05) is 18.2 Å². The molecule has 0 aliphatic carbocycles. The summed E-state index contributed by atoms with van der Waals surface area (Å²) >= 11 is 0. The first-order chi connectivity index (χ1) is 16.3. The Kier molecular flexibility index (Phi) is 10.9. The van der Waals surface area contributed by atoms with E-state index in [9.17, 15) is 9.18 Å². The van der Waals surface area contributed by atoms with Crippen LogP contribution in [0.15, 0.2) is 48.5 Å². The number of rotatable bonds is 8. The average molecular weight is 477 g/mol. The van der Waals surface area contributed by atoms with Gasteiger partial charge in [-0.2, -0.15) is 0 Å². The number of piperidine rings is 1. The third kappa shape index (κ3) is 9.97. The van der Waals surface area contributed by atoms with Crippen LogP contribution in [0.2, 0.25) is 0 Å². The van der Waals surface area contributed by atoms with E-state index < -0.39 is 11.9 Å². The number of carboxylic acids is 2. The third-order valence-corrected chi connectivity index (χ3v) is 5.15. The molecule has 1 fully saturated rings. The number of amides is 1. The third-order valence-electron chi connectivity index (χ3n) is 5.15. The Morgan fingerprint density at radius 2 is 1.71 bits per heavy atom. The fourth-order valence-electron chi connectivity index (χ4n) is 3.34. The molecule has 1 amide bonds. The zero-order chi connectivity index (χ0) is 24.9. The zero-order valence-electron chi connectivity index (χ0n) is 18.9. The molecule has 34 heavy (non-hydrogen) atoms. The maximum absolute atomic E-state index is 12.9. The summed E-state index contributed by atoms with van der Waals surface area (Å²) in [5.41, 5.74) is 1.72. The number of hydrogen-bond donors (Lipinski definition) is 3. The molecule has 0 unspecified atom stereocenters. The highest BCUT2D eigenvalue weighted by molar-refractivity contribution is 6.27. The minimum Gasteiger partial charge on any atom is -0.497 e. The van der Waals surface area contributed by atoms with E-state index in [-0.39, 0.29) is 11.7 Å². The summed E-state index contributed by atoms with van der Waals surface area (Å²) in [7, 11) is 1.61. The largest absolute Gasteiger partial charge is 0.497 e. The second kappa shape index (κ2) is 13.9. The van der Waals surface area contributed by atoms with Crippen LogP contribution in [0.25, 0.3) is 0 Å². The van der Waals surface area contributed by atoms with Gasteiger partial charge in [0.25, 0.3) is 0 Å². The highest BCUT2D eigenvalue weighted by Crippen LogP contribution is 2.19. The first kappa shape index (κ1) is 26.7. The number of anilines is 1. The molecule has 0 bridgehead atoms. The monoisotopic (exact) mass is 476 g/mol. The van der Waals surface area contributed by atoms with E-state index in [1.807, 2.05) is 24.3 Å². The highest BCUT2D eigenvalue weighted by Gasteiger charge is 2.21. The molecule has 1 saturated heterocycles. The van der Waals surface area contributed by atoms with E-state index in [1.165, 1.54) is 12.1 Å². The molecule has 0 radical (unpaired) electrons. The quantitative estimate of drug-likeness (QED) is 0.497. The number of likely N-dealkylation sites (tertiary alicyclic amines) is 1. The van der Waals surface area contributed by atoms with E-state index in [1.54, 1.807) is 19.2 Å². The second-order valence-electron chi connectivity index (χ2n) is 7.75. The molecule has 0 aromatic heterocycles. The number of methoxy groups -OCH3 is 1. The molecule has 10 heteroatoms. The lowest BCUT2D eigenvalue weighted by Crippen LogP contribution is -2.40. The van der Waals surface area contributed by atoms with Crippen LogP contribution < -0.4 is 10.1 Å². The summed E-state index contributed by atoms with van der Waals surface area (Å²) < 4.78 is 23.9. The van der Waals surface area contributed by atoms with Gasteiger partial charge in [-0.25, -0.2) is 14.0 Å². The van der Waals surface area contributed by atoms with Crippen LogP contribution in [-0.4, -0.2) is 66.3 Å². The highest BCUT2D eigenvalue weighted by atomic mass is 19.1. The van der Waals surface area contributed by atoms with Crippen LogP contribution in [-0.2, 0) is 25.7 Å². The van der Waals surface area contributed by atoms with E-state index in [4.69, 9.17) is 29.3 Å². The smallest absolute Gasteiger partial charge is 0.414 e. The van der Waals surface area contributed by atoms with Crippen molar-refractivity contribution < 1.29 is 38.5 Å². The lowest BCUT2D eigenvalue weighted by molar-refractivity contribution is -0.159. The number of aliphatic carboxylic acids is 2. The van der Waals surface area contributed by atoms with Gasteiger partial charge in [-0.3, -0.25) is 9.69 Å². The van der Waals surface area contributed by atoms with Crippen LogP contribution in [0, 0.1) is 11.7 Å². The van der Waals surface area contributed by atoms with E-state index >= 15 is 0 Å². The molecule has 1 aliphatic heterocycles. The van der Waals surface area contributed by atoms with Crippen LogP contribution in [0.5, 0.6) is 5.75 Å². The molecule has 0 atom stereocenters. The minimum atomic E-state index is -1.82. The lowest BCUT2D eigenvalue weighted by Gasteiger charge is -2.31. The van der Waals surface area contributed by atoms with Gasteiger partial charge in [0.15, 0.2) is 0 Å². The van der Waals surface area contributed by atoms with Gasteiger partial charge in [0.1, 0.15) is 11.6 Å². The molecule has 2 aromatic carbocycles. The Labute approximate surface area is 197 Å². The van der Waals surface area contributed by atoms with Gasteiger partial charge >= 0.3 is 11.9 Å². The van der Waals surface area contributed by atoms with Gasteiger partial charge in [-0.05, 0) is 61.7 Å². The van der Waals surface area contributed by atoms with Gasteiger partial charge in [0.2, 0.25) is 5.91 Å². The van der Waals surface area contributed by atoms with Crippen molar-refractivity contribution in [1.82, 2.24) is 4.90 Å². The van der Waals surface area contributed by atoms with Crippen molar-refractivity contribution in [2.24, 2.45) is 5.92 Å². The number of nitrogens with zero attached hydrogens (tertiary/aromatic N) is 1. The van der Waals surface area contributed by atoms with Crippen molar-refractivity contribution in [2.75, 3.05) is 38.7 Å². The van der Waals surface area contributed by atoms with E-state index in [0.717, 1.165) is 42.9 Å². The Bertz CT molecular complexity index is 933. The first-order valence-electron chi connectivity index (χ1n) is 10.7. The Morgan fingerprint density at radius 3 is 2.29 bits per heavy atom. The Morgan fingerprint density at radius 1 is 1.06 bits per heavy atom. The number of carboxylic acid groups (broad SMARTS) is 2. The predicted molar refractivity (Wildman–Crippen MR) is 122 cm³/mol. The predicted octanol–water partition coefficient (Wildman–Crippen LogP) is 2.86. The number of benzene rings is 2. The number of carbonyl (C=O) groups is 3. The molecule has 0 spiro atoms. The fourth-order valence-corrected chi connectivity index (χ4v) is 3.34. The summed E-state index contributed by atoms with van der Waals surface area (Å²) in [6.07, 6.45) is 2.02. The number of halogens is 1. The molecule has 0 saturated carbocycles. The summed E-state index contributed by atoms with van der Waals surface area (Å²) in [6, 6.07) is 13.8. The molecular weight excluding hydrogens is 447 g/mol. The molecular formula is C24H29FN2O7. The van der Waals surface area contributed by atoms with Gasteiger partial charge in [0, 0.05) is 18.4 Å². The maximum atomic E-state index is 12.9. The SMILES string of the molecule is COc1cccc(NC(=O)CN2CCC(COCc3ccc(F)cc3)CC2)c1.O=C(O)C(=O)O. The molecule has 9 nitrogen and oxygen atoms in total. The number of ether oxygens (including phenoxy) is 2. The summed E-state index contributed by atoms with van der Waals surface area (Å²) in [5.74, 6) is -2.67. The number of nitrogens with one attached hydrogen (secondary N) is 1. The van der Waals surface area contributed by atoms with Crippen molar-refractivity contribution in [1.29, 1.82) is 0 Å². The van der Waals surface area contributed by atoms with Crippen LogP contribution in [0.3, 0.4) is 0 Å². The van der Waals surface area contributed by atoms with Crippen molar-refractivity contribution in [3.05, 3.63) is 59.9 Å². The topological polar surface area (TPSA) is 125 Å². The number of hydrogen-bond acceptors (Lipinski definition) is 6. The molecule has 2 aromatic rings. The van der Waals surface area contributed by atoms with E-state index in [0.29, 0.717) is 25.7 Å². The summed E-state index contributed by atoms with van der Waals surface area (Å²) in [4.78, 5) is 32.6. The molecule has 184 valence electrons. The van der Waals surface area contributed by atoms with Crippen LogP contribution >= 0.6 is 0 Å².